The molecule has 0 bridgehead atoms. The van der Waals surface area contributed by atoms with Crippen molar-refractivity contribution in [2.75, 3.05) is 13.1 Å². The molecule has 0 unspecified atom stereocenters. The molecule has 1 fully saturated rings. The largest absolute Gasteiger partial charge is 0.339 e. The zero-order chi connectivity index (χ0) is 18.9. The van der Waals surface area contributed by atoms with E-state index in [-0.39, 0.29) is 10.8 Å². The molecule has 7 nitrogen and oxygen atoms in total. The lowest BCUT2D eigenvalue weighted by atomic mass is 10.00. The Labute approximate surface area is 162 Å². The molecule has 4 rings (SSSR count). The number of benzene rings is 1. The molecular formula is C18H17ClN4O3S. The van der Waals surface area contributed by atoms with Gasteiger partial charge in [-0.2, -0.15) is 9.29 Å². The summed E-state index contributed by atoms with van der Waals surface area (Å²) in [7, 11) is -3.59. The molecular weight excluding hydrogens is 388 g/mol. The van der Waals surface area contributed by atoms with Gasteiger partial charge in [0.05, 0.1) is 10.8 Å². The van der Waals surface area contributed by atoms with Crippen LogP contribution in [-0.2, 0) is 10.0 Å². The number of aromatic nitrogens is 3. The second-order valence-corrected chi connectivity index (χ2v) is 8.70. The van der Waals surface area contributed by atoms with E-state index in [0.717, 1.165) is 12.8 Å². The van der Waals surface area contributed by atoms with Gasteiger partial charge in [0.2, 0.25) is 21.7 Å². The molecule has 1 aliphatic heterocycles. The lowest BCUT2D eigenvalue weighted by Gasteiger charge is -2.30. The number of sulfonamides is 1. The van der Waals surface area contributed by atoms with E-state index in [4.69, 9.17) is 16.1 Å². The molecule has 3 heterocycles. The first-order valence-electron chi connectivity index (χ1n) is 8.55. The van der Waals surface area contributed by atoms with Crippen molar-refractivity contribution < 1.29 is 12.9 Å². The summed E-state index contributed by atoms with van der Waals surface area (Å²) in [5.41, 5.74) is 0.619. The van der Waals surface area contributed by atoms with Gasteiger partial charge in [-0.25, -0.2) is 8.42 Å². The van der Waals surface area contributed by atoms with Crippen molar-refractivity contribution in [1.29, 1.82) is 0 Å². The van der Waals surface area contributed by atoms with Gasteiger partial charge in [-0.15, -0.1) is 0 Å². The van der Waals surface area contributed by atoms with Crippen LogP contribution in [0.15, 0.2) is 58.1 Å². The molecule has 0 spiro atoms. The molecule has 0 aliphatic carbocycles. The first kappa shape index (κ1) is 18.1. The quantitative estimate of drug-likeness (QED) is 0.662. The van der Waals surface area contributed by atoms with Crippen molar-refractivity contribution in [1.82, 2.24) is 19.4 Å². The minimum absolute atomic E-state index is 0.147. The van der Waals surface area contributed by atoms with Gasteiger partial charge in [0.25, 0.3) is 0 Å². The molecule has 27 heavy (non-hydrogen) atoms. The summed E-state index contributed by atoms with van der Waals surface area (Å²) in [6, 6.07) is 11.7. The average molecular weight is 405 g/mol. The third-order valence-electron chi connectivity index (χ3n) is 4.52. The van der Waals surface area contributed by atoms with Crippen molar-refractivity contribution in [3.63, 3.8) is 0 Å². The van der Waals surface area contributed by atoms with Crippen LogP contribution >= 0.6 is 11.6 Å². The fraction of sp³-hybridized carbons (Fsp3) is 0.278. The van der Waals surface area contributed by atoms with Crippen molar-refractivity contribution >= 4 is 21.6 Å². The number of hydrogen-bond donors (Lipinski definition) is 0. The van der Waals surface area contributed by atoms with Crippen LogP contribution in [0.3, 0.4) is 0 Å². The number of halogens is 1. The molecule has 0 saturated carbocycles. The summed E-state index contributed by atoms with van der Waals surface area (Å²) in [6.45, 7) is 0.761. The van der Waals surface area contributed by atoms with Crippen molar-refractivity contribution in [3.05, 3.63) is 59.6 Å². The van der Waals surface area contributed by atoms with Gasteiger partial charge in [0, 0.05) is 24.3 Å². The predicted molar refractivity (Wildman–Crippen MR) is 99.7 cm³/mol. The number of rotatable bonds is 4. The summed E-state index contributed by atoms with van der Waals surface area (Å²) in [4.78, 5) is 8.86. The molecule has 140 valence electrons. The highest BCUT2D eigenvalue weighted by atomic mass is 35.5. The van der Waals surface area contributed by atoms with Crippen molar-refractivity contribution in [2.24, 2.45) is 0 Å². The van der Waals surface area contributed by atoms with E-state index in [2.05, 4.69) is 15.1 Å². The molecule has 0 amide bonds. The Balaban J connectivity index is 1.55. The maximum absolute atomic E-state index is 12.9. The third-order valence-corrected chi connectivity index (χ3v) is 6.65. The lowest BCUT2D eigenvalue weighted by Crippen LogP contribution is -2.39. The summed E-state index contributed by atoms with van der Waals surface area (Å²) in [5, 5.41) is 4.48. The third kappa shape index (κ3) is 3.73. The normalized spacial score (nSPS) is 18.5. The summed E-state index contributed by atoms with van der Waals surface area (Å²) in [6.07, 6.45) is 3.17. The summed E-state index contributed by atoms with van der Waals surface area (Å²) >= 11 is 5.86. The fourth-order valence-corrected chi connectivity index (χ4v) is 4.77. The Morgan fingerprint density at radius 1 is 1.15 bits per heavy atom. The van der Waals surface area contributed by atoms with Gasteiger partial charge in [-0.1, -0.05) is 22.8 Å². The SMILES string of the molecule is O=S(=O)(c1ccc(Cl)cc1)N1CCC[C@H](c2nc(-c3ccccn3)no2)C1. The Morgan fingerprint density at radius 3 is 2.70 bits per heavy atom. The van der Waals surface area contributed by atoms with Crippen LogP contribution < -0.4 is 0 Å². The summed E-state index contributed by atoms with van der Waals surface area (Å²) in [5.74, 6) is 0.695. The number of piperidine rings is 1. The highest BCUT2D eigenvalue weighted by Gasteiger charge is 2.33. The topological polar surface area (TPSA) is 89.2 Å². The van der Waals surface area contributed by atoms with Gasteiger partial charge in [-0.05, 0) is 49.2 Å². The van der Waals surface area contributed by atoms with E-state index in [1.807, 2.05) is 12.1 Å². The standard InChI is InChI=1S/C18H17ClN4O3S/c19-14-6-8-15(9-7-14)27(24,25)23-11-3-4-13(12-23)18-21-17(22-26-18)16-5-1-2-10-20-16/h1-2,5-10,13H,3-4,11-12H2/t13-/m0/s1. The Hall–Kier alpha value is -2.29. The molecule has 9 heteroatoms. The average Bonchev–Trinajstić information content (AvgIpc) is 3.19. The van der Waals surface area contributed by atoms with Crippen LogP contribution in [0.2, 0.25) is 5.02 Å². The monoisotopic (exact) mass is 404 g/mol. The molecule has 1 aliphatic rings. The first-order chi connectivity index (χ1) is 13.0. The summed E-state index contributed by atoms with van der Waals surface area (Å²) < 4.78 is 32.7. The predicted octanol–water partition coefficient (Wildman–Crippen LogP) is 3.35. The molecule has 0 N–H and O–H groups in total. The van der Waals surface area contributed by atoms with E-state index in [0.29, 0.717) is 35.5 Å². The lowest BCUT2D eigenvalue weighted by molar-refractivity contribution is 0.265. The Morgan fingerprint density at radius 2 is 1.96 bits per heavy atom. The smallest absolute Gasteiger partial charge is 0.243 e. The van der Waals surface area contributed by atoms with Crippen molar-refractivity contribution in [2.45, 2.75) is 23.7 Å². The highest BCUT2D eigenvalue weighted by molar-refractivity contribution is 7.89. The zero-order valence-corrected chi connectivity index (χ0v) is 15.9. The van der Waals surface area contributed by atoms with E-state index in [1.165, 1.54) is 16.4 Å². The first-order valence-corrected chi connectivity index (χ1v) is 10.4. The van der Waals surface area contributed by atoms with E-state index < -0.39 is 10.0 Å². The van der Waals surface area contributed by atoms with Crippen LogP contribution in [0.25, 0.3) is 11.5 Å². The molecule has 3 aromatic rings. The zero-order valence-electron chi connectivity index (χ0n) is 14.3. The van der Waals surface area contributed by atoms with E-state index >= 15 is 0 Å². The van der Waals surface area contributed by atoms with Crippen LogP contribution in [0, 0.1) is 0 Å². The van der Waals surface area contributed by atoms with Gasteiger partial charge in [0.15, 0.2) is 0 Å². The minimum Gasteiger partial charge on any atom is -0.339 e. The van der Waals surface area contributed by atoms with Crippen LogP contribution in [0.4, 0.5) is 0 Å². The Bertz CT molecular complexity index is 1020. The highest BCUT2D eigenvalue weighted by Crippen LogP contribution is 2.30. The van der Waals surface area contributed by atoms with Gasteiger partial charge in [0.1, 0.15) is 5.69 Å². The number of hydrogen-bond acceptors (Lipinski definition) is 6. The van der Waals surface area contributed by atoms with Crippen LogP contribution in [0.1, 0.15) is 24.7 Å². The molecule has 1 aromatic carbocycles. The molecule has 2 aromatic heterocycles. The van der Waals surface area contributed by atoms with Crippen molar-refractivity contribution in [3.8, 4) is 11.5 Å². The van der Waals surface area contributed by atoms with Gasteiger partial charge >= 0.3 is 0 Å². The molecule has 0 radical (unpaired) electrons. The maximum atomic E-state index is 12.9. The van der Waals surface area contributed by atoms with E-state index in [9.17, 15) is 8.42 Å². The van der Waals surface area contributed by atoms with E-state index in [1.54, 1.807) is 24.4 Å². The Kier molecular flexibility index (Phi) is 4.94. The van der Waals surface area contributed by atoms with Gasteiger partial charge < -0.3 is 4.52 Å². The molecule has 1 atom stereocenters. The van der Waals surface area contributed by atoms with Gasteiger partial charge in [-0.3, -0.25) is 4.98 Å². The number of nitrogens with zero attached hydrogens (tertiary/aromatic N) is 4. The van der Waals surface area contributed by atoms with Crippen LogP contribution in [0.5, 0.6) is 0 Å². The maximum Gasteiger partial charge on any atom is 0.243 e. The minimum atomic E-state index is -3.59. The number of pyridine rings is 1. The van der Waals surface area contributed by atoms with Crippen LogP contribution in [-0.4, -0.2) is 40.9 Å². The second-order valence-electron chi connectivity index (χ2n) is 6.33. The molecule has 1 saturated heterocycles. The second kappa shape index (κ2) is 7.38. The fourth-order valence-electron chi connectivity index (χ4n) is 3.12.